The summed E-state index contributed by atoms with van der Waals surface area (Å²) in [6.45, 7) is 5.57. The van der Waals surface area contributed by atoms with Crippen molar-refractivity contribution in [3.63, 3.8) is 0 Å². The van der Waals surface area contributed by atoms with Gasteiger partial charge in [-0.3, -0.25) is 0 Å². The Morgan fingerprint density at radius 2 is 1.88 bits per heavy atom. The summed E-state index contributed by atoms with van der Waals surface area (Å²) in [5.74, 6) is 0.802. The maximum Gasteiger partial charge on any atom is 0.171 e. The topological polar surface area (TPSA) is 47.0 Å². The van der Waals surface area contributed by atoms with Crippen molar-refractivity contribution in [2.45, 2.75) is 13.1 Å². The van der Waals surface area contributed by atoms with E-state index in [1.54, 1.807) is 12.0 Å². The fourth-order valence-corrected chi connectivity index (χ4v) is 3.25. The predicted molar refractivity (Wildman–Crippen MR) is 108 cm³/mol. The average Bonchev–Trinajstić information content (AvgIpc) is 2.68. The molecule has 1 aliphatic heterocycles. The molecule has 0 aromatic heterocycles. The highest BCUT2D eigenvalue weighted by molar-refractivity contribution is 7.80. The summed E-state index contributed by atoms with van der Waals surface area (Å²) in [5.41, 5.74) is 3.55. The van der Waals surface area contributed by atoms with Crippen molar-refractivity contribution >= 4 is 23.0 Å². The van der Waals surface area contributed by atoms with E-state index in [0.29, 0.717) is 11.7 Å². The van der Waals surface area contributed by atoms with Crippen molar-refractivity contribution in [3.05, 3.63) is 59.7 Å². The number of ether oxygens (including phenoxy) is 2. The highest BCUT2D eigenvalue weighted by Crippen LogP contribution is 2.16. The highest BCUT2D eigenvalue weighted by atomic mass is 32.1. The van der Waals surface area contributed by atoms with Gasteiger partial charge in [0.25, 0.3) is 0 Å². The number of methoxy groups -OCH3 is 1. The number of quaternary nitrogens is 1. The van der Waals surface area contributed by atoms with Gasteiger partial charge >= 0.3 is 0 Å². The van der Waals surface area contributed by atoms with Crippen LogP contribution in [0.2, 0.25) is 0 Å². The van der Waals surface area contributed by atoms with Crippen LogP contribution in [0, 0.1) is 0 Å². The van der Waals surface area contributed by atoms with Gasteiger partial charge in [0.15, 0.2) is 5.11 Å². The maximum absolute atomic E-state index is 5.45. The van der Waals surface area contributed by atoms with Gasteiger partial charge < -0.3 is 25.0 Å². The van der Waals surface area contributed by atoms with Crippen molar-refractivity contribution in [2.24, 2.45) is 0 Å². The van der Waals surface area contributed by atoms with Crippen LogP contribution in [-0.4, -0.2) is 38.5 Å². The van der Waals surface area contributed by atoms with E-state index < -0.39 is 0 Å². The molecule has 26 heavy (non-hydrogen) atoms. The van der Waals surface area contributed by atoms with E-state index in [0.717, 1.165) is 44.3 Å². The SMILES string of the molecule is COc1cccc(NC(=S)NCc2ccccc2C[NH+]2CCOCC2)c1. The number of benzene rings is 2. The molecule has 1 saturated heterocycles. The fraction of sp³-hybridized carbons (Fsp3) is 0.350. The second kappa shape index (κ2) is 9.52. The predicted octanol–water partition coefficient (Wildman–Crippen LogP) is 1.60. The van der Waals surface area contributed by atoms with Crippen LogP contribution < -0.4 is 20.3 Å². The summed E-state index contributed by atoms with van der Waals surface area (Å²) in [4.78, 5) is 1.57. The Balaban J connectivity index is 1.56. The summed E-state index contributed by atoms with van der Waals surface area (Å²) in [7, 11) is 1.66. The van der Waals surface area contributed by atoms with Crippen LogP contribution >= 0.6 is 12.2 Å². The minimum absolute atomic E-state index is 0.603. The zero-order valence-corrected chi connectivity index (χ0v) is 15.9. The van der Waals surface area contributed by atoms with E-state index in [9.17, 15) is 0 Å². The first kappa shape index (κ1) is 18.6. The van der Waals surface area contributed by atoms with Crippen molar-refractivity contribution in [3.8, 4) is 5.75 Å². The Morgan fingerprint density at radius 3 is 2.65 bits per heavy atom. The number of anilines is 1. The molecule has 3 N–H and O–H groups in total. The third kappa shape index (κ3) is 5.42. The zero-order valence-electron chi connectivity index (χ0n) is 15.1. The second-order valence-corrected chi connectivity index (χ2v) is 6.76. The van der Waals surface area contributed by atoms with Crippen molar-refractivity contribution in [1.82, 2.24) is 5.32 Å². The van der Waals surface area contributed by atoms with Gasteiger partial charge in [0.1, 0.15) is 25.4 Å². The standard InChI is InChI=1S/C20H25N3O2S/c1-24-19-8-4-7-18(13-19)22-20(26)21-14-16-5-2-3-6-17(16)15-23-9-11-25-12-10-23/h2-8,13H,9-12,14-15H2,1H3,(H2,21,22,26)/p+1. The molecule has 2 aromatic rings. The largest absolute Gasteiger partial charge is 0.497 e. The van der Waals surface area contributed by atoms with E-state index in [-0.39, 0.29) is 0 Å². The van der Waals surface area contributed by atoms with Gasteiger partial charge in [0, 0.05) is 23.9 Å². The quantitative estimate of drug-likeness (QED) is 0.673. The zero-order chi connectivity index (χ0) is 18.2. The molecular formula is C20H26N3O2S+. The van der Waals surface area contributed by atoms with Gasteiger partial charge in [-0.2, -0.15) is 0 Å². The van der Waals surface area contributed by atoms with Crippen LogP contribution in [0.3, 0.4) is 0 Å². The van der Waals surface area contributed by atoms with Crippen LogP contribution in [0.25, 0.3) is 0 Å². The molecule has 0 atom stereocenters. The Bertz CT molecular complexity index is 733. The first-order valence-electron chi connectivity index (χ1n) is 8.91. The van der Waals surface area contributed by atoms with E-state index in [2.05, 4.69) is 34.9 Å². The second-order valence-electron chi connectivity index (χ2n) is 6.35. The Hall–Kier alpha value is -2.15. The number of hydrogen-bond donors (Lipinski definition) is 3. The smallest absolute Gasteiger partial charge is 0.171 e. The maximum atomic E-state index is 5.45. The normalized spacial score (nSPS) is 14.7. The van der Waals surface area contributed by atoms with Crippen LogP contribution in [-0.2, 0) is 17.8 Å². The summed E-state index contributed by atoms with van der Waals surface area (Å²) < 4.78 is 10.7. The highest BCUT2D eigenvalue weighted by Gasteiger charge is 2.15. The lowest BCUT2D eigenvalue weighted by Crippen LogP contribution is -3.12. The first-order chi connectivity index (χ1) is 12.7. The summed E-state index contributed by atoms with van der Waals surface area (Å²) in [6, 6.07) is 16.3. The lowest BCUT2D eigenvalue weighted by Gasteiger charge is -2.24. The van der Waals surface area contributed by atoms with Crippen LogP contribution in [0.5, 0.6) is 5.75 Å². The van der Waals surface area contributed by atoms with Gasteiger partial charge in [-0.25, -0.2) is 0 Å². The Labute approximate surface area is 160 Å². The molecule has 0 bridgehead atoms. The van der Waals surface area contributed by atoms with Crippen molar-refractivity contribution < 1.29 is 14.4 Å². The van der Waals surface area contributed by atoms with E-state index in [4.69, 9.17) is 21.7 Å². The molecule has 0 radical (unpaired) electrons. The van der Waals surface area contributed by atoms with Gasteiger partial charge in [-0.15, -0.1) is 0 Å². The van der Waals surface area contributed by atoms with Gasteiger partial charge in [-0.1, -0.05) is 30.3 Å². The Morgan fingerprint density at radius 1 is 1.12 bits per heavy atom. The molecule has 1 aliphatic rings. The van der Waals surface area contributed by atoms with Gasteiger partial charge in [0.2, 0.25) is 0 Å². The molecule has 1 fully saturated rings. The number of rotatable bonds is 6. The molecular weight excluding hydrogens is 346 g/mol. The molecule has 6 heteroatoms. The minimum Gasteiger partial charge on any atom is -0.497 e. The molecule has 0 unspecified atom stereocenters. The molecule has 3 rings (SSSR count). The molecule has 2 aromatic carbocycles. The number of thiocarbonyl (C=S) groups is 1. The van der Waals surface area contributed by atoms with Crippen molar-refractivity contribution in [2.75, 3.05) is 38.7 Å². The molecule has 0 amide bonds. The Kier molecular flexibility index (Phi) is 6.82. The van der Waals surface area contributed by atoms with Crippen molar-refractivity contribution in [1.29, 1.82) is 0 Å². The summed E-state index contributed by atoms with van der Waals surface area (Å²) in [6.07, 6.45) is 0. The average molecular weight is 373 g/mol. The number of nitrogens with one attached hydrogen (secondary N) is 3. The van der Waals surface area contributed by atoms with Crippen LogP contribution in [0.15, 0.2) is 48.5 Å². The molecule has 138 valence electrons. The lowest BCUT2D eigenvalue weighted by molar-refractivity contribution is -0.921. The van der Waals surface area contributed by atoms with E-state index in [1.807, 2.05) is 24.3 Å². The van der Waals surface area contributed by atoms with Crippen LogP contribution in [0.4, 0.5) is 5.69 Å². The summed E-state index contributed by atoms with van der Waals surface area (Å²) >= 11 is 5.43. The third-order valence-electron chi connectivity index (χ3n) is 4.53. The van der Waals surface area contributed by atoms with Crippen LogP contribution in [0.1, 0.15) is 11.1 Å². The number of hydrogen-bond acceptors (Lipinski definition) is 3. The fourth-order valence-electron chi connectivity index (χ4n) is 3.06. The van der Waals surface area contributed by atoms with Gasteiger partial charge in [0.05, 0.1) is 20.3 Å². The number of morpholine rings is 1. The lowest BCUT2D eigenvalue weighted by atomic mass is 10.1. The van der Waals surface area contributed by atoms with E-state index >= 15 is 0 Å². The summed E-state index contributed by atoms with van der Waals surface area (Å²) in [5, 5.41) is 7.12. The third-order valence-corrected chi connectivity index (χ3v) is 4.77. The molecule has 1 heterocycles. The van der Waals surface area contributed by atoms with E-state index in [1.165, 1.54) is 11.1 Å². The molecule has 0 spiro atoms. The first-order valence-corrected chi connectivity index (χ1v) is 9.32. The molecule has 0 aliphatic carbocycles. The minimum atomic E-state index is 0.603. The molecule has 0 saturated carbocycles. The molecule has 5 nitrogen and oxygen atoms in total. The van der Waals surface area contributed by atoms with Gasteiger partial charge in [-0.05, 0) is 29.9 Å². The monoisotopic (exact) mass is 372 g/mol.